The Balaban J connectivity index is 1.38. The average Bonchev–Trinajstić information content (AvgIpc) is 3.17. The fourth-order valence-corrected chi connectivity index (χ4v) is 4.61. The highest BCUT2D eigenvalue weighted by molar-refractivity contribution is 7.22. The molecule has 1 amide bonds. The number of hydrogen-bond acceptors (Lipinski definition) is 5. The number of aromatic nitrogens is 1. The molecule has 0 saturated carbocycles. The zero-order valence-corrected chi connectivity index (χ0v) is 17.9. The van der Waals surface area contributed by atoms with Gasteiger partial charge >= 0.3 is 0 Å². The lowest BCUT2D eigenvalue weighted by molar-refractivity contribution is 0.0746. The summed E-state index contributed by atoms with van der Waals surface area (Å²) < 4.78 is 6.97. The Kier molecular flexibility index (Phi) is 6.00. The van der Waals surface area contributed by atoms with E-state index in [9.17, 15) is 4.79 Å². The monoisotopic (exact) mass is 409 g/mol. The van der Waals surface area contributed by atoms with E-state index in [0.29, 0.717) is 25.3 Å². The van der Waals surface area contributed by atoms with E-state index in [1.165, 1.54) is 10.3 Å². The summed E-state index contributed by atoms with van der Waals surface area (Å²) in [5.74, 6) is 0.846. The van der Waals surface area contributed by atoms with Gasteiger partial charge in [-0.05, 0) is 49.2 Å². The number of thiazole rings is 1. The molecule has 0 unspecified atom stereocenters. The lowest BCUT2D eigenvalue weighted by atomic mass is 10.1. The number of fused-ring (bicyclic) bond motifs is 1. The number of aryl methyl sites for hydroxylation is 1. The van der Waals surface area contributed by atoms with E-state index < -0.39 is 0 Å². The first-order valence-electron chi connectivity index (χ1n) is 10.3. The molecule has 2 heterocycles. The molecule has 0 atom stereocenters. The maximum Gasteiger partial charge on any atom is 0.254 e. The highest BCUT2D eigenvalue weighted by atomic mass is 32.1. The van der Waals surface area contributed by atoms with E-state index in [0.717, 1.165) is 42.3 Å². The van der Waals surface area contributed by atoms with Crippen LogP contribution in [0.2, 0.25) is 0 Å². The third kappa shape index (κ3) is 4.53. The van der Waals surface area contributed by atoms with Crippen molar-refractivity contribution < 1.29 is 9.53 Å². The number of carbonyl (C=O) groups excluding carboxylic acids is 1. The molecule has 3 aromatic rings. The van der Waals surface area contributed by atoms with Gasteiger partial charge < -0.3 is 14.5 Å². The molecule has 5 nitrogen and oxygen atoms in total. The normalized spacial score (nSPS) is 14.4. The molecule has 1 aromatic heterocycles. The van der Waals surface area contributed by atoms with E-state index in [1.54, 1.807) is 11.3 Å². The van der Waals surface area contributed by atoms with Crippen molar-refractivity contribution in [2.24, 2.45) is 0 Å². The van der Waals surface area contributed by atoms with E-state index in [2.05, 4.69) is 36.9 Å². The predicted octanol–water partition coefficient (Wildman–Crippen LogP) is 4.75. The van der Waals surface area contributed by atoms with Crippen LogP contribution < -0.4 is 9.64 Å². The second-order valence-corrected chi connectivity index (χ2v) is 8.49. The number of hydrogen-bond donors (Lipinski definition) is 0. The Bertz CT molecular complexity index is 993. The van der Waals surface area contributed by atoms with Crippen LogP contribution in [0.15, 0.2) is 42.5 Å². The van der Waals surface area contributed by atoms with Crippen molar-refractivity contribution in [3.8, 4) is 5.75 Å². The van der Waals surface area contributed by atoms with Crippen LogP contribution in [0.4, 0.5) is 5.13 Å². The number of nitrogens with zero attached hydrogens (tertiary/aromatic N) is 3. The SMILES string of the molecule is CCCCOc1cccc(C(=O)N2CCN(c3nc4ccc(C)cc4s3)CC2)c1. The quantitative estimate of drug-likeness (QED) is 0.552. The van der Waals surface area contributed by atoms with E-state index in [1.807, 2.05) is 29.2 Å². The molecule has 0 spiro atoms. The molecule has 152 valence electrons. The predicted molar refractivity (Wildman–Crippen MR) is 119 cm³/mol. The van der Waals surface area contributed by atoms with Gasteiger partial charge in [0.25, 0.3) is 5.91 Å². The highest BCUT2D eigenvalue weighted by Gasteiger charge is 2.24. The fraction of sp³-hybridized carbons (Fsp3) is 0.391. The zero-order chi connectivity index (χ0) is 20.2. The summed E-state index contributed by atoms with van der Waals surface area (Å²) in [6.07, 6.45) is 2.11. The van der Waals surface area contributed by atoms with Gasteiger partial charge in [-0.15, -0.1) is 0 Å². The molecule has 1 aliphatic heterocycles. The molecule has 4 rings (SSSR count). The van der Waals surface area contributed by atoms with Gasteiger partial charge in [-0.3, -0.25) is 4.79 Å². The molecular weight excluding hydrogens is 382 g/mol. The standard InChI is InChI=1S/C23H27N3O2S/c1-3-4-14-28-19-7-5-6-18(16-19)22(27)25-10-12-26(13-11-25)23-24-20-9-8-17(2)15-21(20)29-23/h5-9,15-16H,3-4,10-14H2,1-2H3. The Morgan fingerprint density at radius 3 is 2.76 bits per heavy atom. The summed E-state index contributed by atoms with van der Waals surface area (Å²) in [6, 6.07) is 13.9. The summed E-state index contributed by atoms with van der Waals surface area (Å²) in [6.45, 7) is 7.94. The number of amides is 1. The van der Waals surface area contributed by atoms with Crippen LogP contribution in [-0.2, 0) is 0 Å². The number of benzene rings is 2. The molecule has 1 fully saturated rings. The first-order valence-corrected chi connectivity index (χ1v) is 11.1. The smallest absolute Gasteiger partial charge is 0.254 e. The van der Waals surface area contributed by atoms with E-state index in [-0.39, 0.29) is 5.91 Å². The third-order valence-corrected chi connectivity index (χ3v) is 6.30. The Morgan fingerprint density at radius 1 is 1.14 bits per heavy atom. The molecule has 0 aliphatic carbocycles. The van der Waals surface area contributed by atoms with Crippen molar-refractivity contribution in [1.29, 1.82) is 0 Å². The minimum absolute atomic E-state index is 0.0746. The molecule has 29 heavy (non-hydrogen) atoms. The Morgan fingerprint density at radius 2 is 1.97 bits per heavy atom. The summed E-state index contributed by atoms with van der Waals surface area (Å²) in [5.41, 5.74) is 3.00. The lowest BCUT2D eigenvalue weighted by Gasteiger charge is -2.34. The number of ether oxygens (including phenoxy) is 1. The van der Waals surface area contributed by atoms with Crippen molar-refractivity contribution in [3.05, 3.63) is 53.6 Å². The van der Waals surface area contributed by atoms with Crippen molar-refractivity contribution in [1.82, 2.24) is 9.88 Å². The topological polar surface area (TPSA) is 45.7 Å². The van der Waals surface area contributed by atoms with Crippen LogP contribution in [0.25, 0.3) is 10.2 Å². The van der Waals surface area contributed by atoms with E-state index >= 15 is 0 Å². The molecule has 2 aromatic carbocycles. The van der Waals surface area contributed by atoms with Gasteiger partial charge in [0.05, 0.1) is 16.8 Å². The number of anilines is 1. The van der Waals surface area contributed by atoms with Crippen molar-refractivity contribution in [2.75, 3.05) is 37.7 Å². The van der Waals surface area contributed by atoms with Gasteiger partial charge in [0.2, 0.25) is 0 Å². The number of unbranched alkanes of at least 4 members (excludes halogenated alkanes) is 1. The van der Waals surface area contributed by atoms with Crippen LogP contribution >= 0.6 is 11.3 Å². The van der Waals surface area contributed by atoms with Crippen LogP contribution in [0.1, 0.15) is 35.7 Å². The maximum absolute atomic E-state index is 12.9. The van der Waals surface area contributed by atoms with Crippen LogP contribution in [0.5, 0.6) is 5.75 Å². The van der Waals surface area contributed by atoms with Crippen molar-refractivity contribution >= 4 is 32.6 Å². The largest absolute Gasteiger partial charge is 0.494 e. The zero-order valence-electron chi connectivity index (χ0n) is 17.1. The molecule has 0 bridgehead atoms. The summed E-state index contributed by atoms with van der Waals surface area (Å²) in [4.78, 5) is 21.9. The molecular formula is C23H27N3O2S. The Labute approximate surface area is 175 Å². The van der Waals surface area contributed by atoms with Gasteiger partial charge in [0.15, 0.2) is 5.13 Å². The first-order chi connectivity index (χ1) is 14.1. The minimum atomic E-state index is 0.0746. The first kappa shape index (κ1) is 19.7. The molecule has 0 N–H and O–H groups in total. The second kappa shape index (κ2) is 8.82. The third-order valence-electron chi connectivity index (χ3n) is 5.22. The number of piperazine rings is 1. The summed E-state index contributed by atoms with van der Waals surface area (Å²) >= 11 is 1.73. The molecule has 1 saturated heterocycles. The lowest BCUT2D eigenvalue weighted by Crippen LogP contribution is -2.48. The summed E-state index contributed by atoms with van der Waals surface area (Å²) in [5, 5.41) is 1.05. The summed E-state index contributed by atoms with van der Waals surface area (Å²) in [7, 11) is 0. The van der Waals surface area contributed by atoms with Crippen LogP contribution in [0, 0.1) is 6.92 Å². The van der Waals surface area contributed by atoms with Gasteiger partial charge in [0.1, 0.15) is 5.75 Å². The van der Waals surface area contributed by atoms with E-state index in [4.69, 9.17) is 9.72 Å². The van der Waals surface area contributed by atoms with Gasteiger partial charge in [-0.25, -0.2) is 4.98 Å². The molecule has 0 radical (unpaired) electrons. The highest BCUT2D eigenvalue weighted by Crippen LogP contribution is 2.30. The Hall–Kier alpha value is -2.60. The van der Waals surface area contributed by atoms with Gasteiger partial charge in [-0.2, -0.15) is 0 Å². The number of rotatable bonds is 6. The maximum atomic E-state index is 12.9. The fourth-order valence-electron chi connectivity index (χ4n) is 3.49. The minimum Gasteiger partial charge on any atom is -0.494 e. The number of carbonyl (C=O) groups is 1. The van der Waals surface area contributed by atoms with Crippen LogP contribution in [-0.4, -0.2) is 48.6 Å². The van der Waals surface area contributed by atoms with Gasteiger partial charge in [-0.1, -0.05) is 36.8 Å². The van der Waals surface area contributed by atoms with Crippen LogP contribution in [0.3, 0.4) is 0 Å². The van der Waals surface area contributed by atoms with Crippen molar-refractivity contribution in [2.45, 2.75) is 26.7 Å². The molecule has 6 heteroatoms. The van der Waals surface area contributed by atoms with Crippen molar-refractivity contribution in [3.63, 3.8) is 0 Å². The van der Waals surface area contributed by atoms with Gasteiger partial charge in [0, 0.05) is 31.7 Å². The average molecular weight is 410 g/mol. The second-order valence-electron chi connectivity index (χ2n) is 7.48. The molecule has 1 aliphatic rings.